The maximum Gasteiger partial charge on any atom is 0.310 e. The highest BCUT2D eigenvalue weighted by Gasteiger charge is 2.68. The van der Waals surface area contributed by atoms with Crippen LogP contribution >= 0.6 is 15.9 Å². The number of rotatable bonds is 2. The Hall–Kier alpha value is -0.580. The van der Waals surface area contributed by atoms with Gasteiger partial charge in [-0.15, -0.1) is 0 Å². The fourth-order valence-corrected chi connectivity index (χ4v) is 4.58. The van der Waals surface area contributed by atoms with Gasteiger partial charge >= 0.3 is 11.9 Å². The van der Waals surface area contributed by atoms with Crippen molar-refractivity contribution >= 4 is 27.9 Å². The van der Waals surface area contributed by atoms with Crippen molar-refractivity contribution in [1.29, 1.82) is 0 Å². The maximum atomic E-state index is 11.9. The average molecular weight is 289 g/mol. The first-order chi connectivity index (χ1) is 7.65. The molecule has 2 saturated carbocycles. The summed E-state index contributed by atoms with van der Waals surface area (Å²) in [6.45, 7) is 2.15. The number of halogens is 1. The van der Waals surface area contributed by atoms with Gasteiger partial charge in [-0.1, -0.05) is 15.9 Å². The quantitative estimate of drug-likeness (QED) is 0.564. The SMILES string of the molecule is CCOC(=O)[C@@H]1[C@H]2C[C@H]3[C@H](OC(=O)[C@@H]31)[C@H]2Br. The van der Waals surface area contributed by atoms with Crippen LogP contribution in [0.3, 0.4) is 0 Å². The van der Waals surface area contributed by atoms with Crippen molar-refractivity contribution in [2.45, 2.75) is 24.3 Å². The van der Waals surface area contributed by atoms with Crippen molar-refractivity contribution in [2.75, 3.05) is 6.61 Å². The van der Waals surface area contributed by atoms with Gasteiger partial charge < -0.3 is 9.47 Å². The second-order valence-corrected chi connectivity index (χ2v) is 5.77. The van der Waals surface area contributed by atoms with Crippen molar-refractivity contribution in [3.63, 3.8) is 0 Å². The van der Waals surface area contributed by atoms with Crippen molar-refractivity contribution < 1.29 is 19.1 Å². The molecule has 3 rings (SSSR count). The van der Waals surface area contributed by atoms with Crippen LogP contribution in [0.2, 0.25) is 0 Å². The van der Waals surface area contributed by atoms with Gasteiger partial charge in [-0.2, -0.15) is 0 Å². The number of fused-ring (bicyclic) bond motifs is 1. The largest absolute Gasteiger partial charge is 0.466 e. The Morgan fingerprint density at radius 1 is 1.56 bits per heavy atom. The third-order valence-corrected chi connectivity index (χ3v) is 5.28. The number of hydrogen-bond donors (Lipinski definition) is 0. The van der Waals surface area contributed by atoms with Gasteiger partial charge in [-0.25, -0.2) is 0 Å². The number of alkyl halides is 1. The van der Waals surface area contributed by atoms with E-state index in [1.807, 2.05) is 0 Å². The molecule has 4 nitrogen and oxygen atoms in total. The Labute approximate surface area is 102 Å². The molecule has 1 saturated heterocycles. The van der Waals surface area contributed by atoms with Crippen molar-refractivity contribution in [2.24, 2.45) is 23.7 Å². The van der Waals surface area contributed by atoms with E-state index in [1.54, 1.807) is 6.92 Å². The maximum absolute atomic E-state index is 11.9. The number of carbonyl (C=O) groups is 2. The third-order valence-electron chi connectivity index (χ3n) is 4.08. The second-order valence-electron chi connectivity index (χ2n) is 4.71. The molecule has 3 aliphatic rings. The zero-order chi connectivity index (χ0) is 11.4. The highest BCUT2D eigenvalue weighted by Crippen LogP contribution is 2.60. The molecule has 0 radical (unpaired) electrons. The van der Waals surface area contributed by atoms with Crippen LogP contribution in [-0.4, -0.2) is 29.5 Å². The summed E-state index contributed by atoms with van der Waals surface area (Å²) < 4.78 is 10.4. The third kappa shape index (κ3) is 1.15. The molecule has 6 atom stereocenters. The van der Waals surface area contributed by atoms with Gasteiger partial charge in [0.25, 0.3) is 0 Å². The Bertz CT molecular complexity index is 356. The minimum absolute atomic E-state index is 0.0202. The van der Waals surface area contributed by atoms with Gasteiger partial charge in [0.2, 0.25) is 0 Å². The van der Waals surface area contributed by atoms with Gasteiger partial charge in [0.1, 0.15) is 6.10 Å². The van der Waals surface area contributed by atoms with E-state index >= 15 is 0 Å². The number of carbonyl (C=O) groups excluding carboxylic acids is 2. The molecule has 5 heteroatoms. The predicted molar refractivity (Wildman–Crippen MR) is 57.8 cm³/mol. The van der Waals surface area contributed by atoms with Crippen LogP contribution in [0.25, 0.3) is 0 Å². The minimum Gasteiger partial charge on any atom is -0.466 e. The lowest BCUT2D eigenvalue weighted by Crippen LogP contribution is -2.38. The lowest BCUT2D eigenvalue weighted by molar-refractivity contribution is -0.155. The van der Waals surface area contributed by atoms with E-state index < -0.39 is 0 Å². The van der Waals surface area contributed by atoms with Crippen LogP contribution < -0.4 is 0 Å². The smallest absolute Gasteiger partial charge is 0.310 e. The molecule has 2 aliphatic carbocycles. The van der Waals surface area contributed by atoms with Gasteiger partial charge in [-0.05, 0) is 19.3 Å². The molecular weight excluding hydrogens is 276 g/mol. The highest BCUT2D eigenvalue weighted by molar-refractivity contribution is 9.09. The topological polar surface area (TPSA) is 52.6 Å². The summed E-state index contributed by atoms with van der Waals surface area (Å²) >= 11 is 3.55. The molecule has 0 amide bonds. The Morgan fingerprint density at radius 2 is 2.31 bits per heavy atom. The van der Waals surface area contributed by atoms with E-state index in [2.05, 4.69) is 15.9 Å². The standard InChI is InChI=1S/C11H13BrO4/c1-2-15-10(13)6-4-3-5-7(6)11(14)16-9(5)8(4)12/h4-9H,2-3H2,1H3/t4-,5-,6-,7+,8+,9+/m1/s1. The Morgan fingerprint density at radius 3 is 3.00 bits per heavy atom. The fraction of sp³-hybridized carbons (Fsp3) is 0.818. The molecule has 16 heavy (non-hydrogen) atoms. The molecule has 0 spiro atoms. The summed E-state index contributed by atoms with van der Waals surface area (Å²) in [4.78, 5) is 23.7. The van der Waals surface area contributed by atoms with Gasteiger partial charge in [0.15, 0.2) is 0 Å². The fourth-order valence-electron chi connectivity index (χ4n) is 3.53. The molecule has 0 N–H and O–H groups in total. The first-order valence-corrected chi connectivity index (χ1v) is 6.58. The molecule has 3 fully saturated rings. The lowest BCUT2D eigenvalue weighted by atomic mass is 9.80. The van der Waals surface area contributed by atoms with E-state index in [0.717, 1.165) is 6.42 Å². The molecule has 0 aromatic carbocycles. The molecular formula is C11H13BrO4. The van der Waals surface area contributed by atoms with Gasteiger partial charge in [-0.3, -0.25) is 9.59 Å². The number of esters is 2. The molecule has 0 unspecified atom stereocenters. The zero-order valence-corrected chi connectivity index (χ0v) is 10.5. The molecule has 0 aromatic heterocycles. The summed E-state index contributed by atoms with van der Waals surface area (Å²) in [6.07, 6.45) is 0.883. The summed E-state index contributed by atoms with van der Waals surface area (Å²) in [5.41, 5.74) is 0. The summed E-state index contributed by atoms with van der Waals surface area (Å²) in [7, 11) is 0. The predicted octanol–water partition coefficient (Wildman–Crippen LogP) is 1.12. The average Bonchev–Trinajstić information content (AvgIpc) is 2.82. The highest BCUT2D eigenvalue weighted by atomic mass is 79.9. The molecule has 0 aromatic rings. The van der Waals surface area contributed by atoms with Crippen LogP contribution in [0.1, 0.15) is 13.3 Å². The first kappa shape index (κ1) is 10.6. The van der Waals surface area contributed by atoms with E-state index in [1.165, 1.54) is 0 Å². The van der Waals surface area contributed by atoms with Gasteiger partial charge in [0.05, 0.1) is 23.3 Å². The second kappa shape index (κ2) is 3.45. The molecule has 88 valence electrons. The summed E-state index contributed by atoms with van der Waals surface area (Å²) in [5.74, 6) is -0.565. The van der Waals surface area contributed by atoms with Crippen LogP contribution in [0.5, 0.6) is 0 Å². The summed E-state index contributed by atoms with van der Waals surface area (Å²) in [6, 6.07) is 0. The normalized spacial score (nSPS) is 48.2. The lowest BCUT2D eigenvalue weighted by Gasteiger charge is -2.26. The summed E-state index contributed by atoms with van der Waals surface area (Å²) in [5, 5.41) is 0. The van der Waals surface area contributed by atoms with Crippen LogP contribution in [0, 0.1) is 23.7 Å². The zero-order valence-electron chi connectivity index (χ0n) is 8.89. The van der Waals surface area contributed by atoms with Crippen molar-refractivity contribution in [3.05, 3.63) is 0 Å². The molecule has 2 bridgehead atoms. The van der Waals surface area contributed by atoms with Crippen molar-refractivity contribution in [3.8, 4) is 0 Å². The molecule has 1 aliphatic heterocycles. The Balaban J connectivity index is 1.90. The number of hydrogen-bond acceptors (Lipinski definition) is 4. The van der Waals surface area contributed by atoms with Crippen LogP contribution in [-0.2, 0) is 19.1 Å². The molecule has 1 heterocycles. The van der Waals surface area contributed by atoms with Gasteiger partial charge in [0, 0.05) is 5.92 Å². The van der Waals surface area contributed by atoms with E-state index in [4.69, 9.17) is 9.47 Å². The Kier molecular flexibility index (Phi) is 2.28. The monoisotopic (exact) mass is 288 g/mol. The van der Waals surface area contributed by atoms with Crippen molar-refractivity contribution in [1.82, 2.24) is 0 Å². The minimum atomic E-state index is -0.291. The first-order valence-electron chi connectivity index (χ1n) is 5.66. The van der Waals surface area contributed by atoms with Crippen LogP contribution in [0.15, 0.2) is 0 Å². The van der Waals surface area contributed by atoms with E-state index in [0.29, 0.717) is 6.61 Å². The number of ether oxygens (including phenoxy) is 2. The van der Waals surface area contributed by atoms with E-state index in [-0.39, 0.29) is 46.5 Å². The van der Waals surface area contributed by atoms with E-state index in [9.17, 15) is 9.59 Å². The van der Waals surface area contributed by atoms with Crippen LogP contribution in [0.4, 0.5) is 0 Å².